The first kappa shape index (κ1) is 18.3. The summed E-state index contributed by atoms with van der Waals surface area (Å²) in [6.45, 7) is 2.63. The van der Waals surface area contributed by atoms with Gasteiger partial charge in [-0.25, -0.2) is 0 Å². The predicted molar refractivity (Wildman–Crippen MR) is 105 cm³/mol. The highest BCUT2D eigenvalue weighted by Gasteiger charge is 2.23. The molecule has 3 rings (SSSR count). The SMILES string of the molecule is N#CC(=Cc1ccc(Cl)c(Cl)c1)C(=O)N1CCN(c2ccccc2)CC1. The van der Waals surface area contributed by atoms with Crippen molar-refractivity contribution in [3.8, 4) is 6.07 Å². The molecule has 0 radical (unpaired) electrons. The molecule has 0 aliphatic carbocycles. The average molecular weight is 386 g/mol. The molecule has 6 heteroatoms. The van der Waals surface area contributed by atoms with Gasteiger partial charge in [-0.1, -0.05) is 47.5 Å². The van der Waals surface area contributed by atoms with Gasteiger partial charge in [-0.05, 0) is 35.9 Å². The van der Waals surface area contributed by atoms with Crippen LogP contribution in [0.25, 0.3) is 6.08 Å². The fraction of sp³-hybridized carbons (Fsp3) is 0.200. The molecule has 132 valence electrons. The Morgan fingerprint density at radius 2 is 1.69 bits per heavy atom. The van der Waals surface area contributed by atoms with Crippen LogP contribution in [-0.4, -0.2) is 37.0 Å². The summed E-state index contributed by atoms with van der Waals surface area (Å²) in [5, 5.41) is 10.2. The van der Waals surface area contributed by atoms with Gasteiger partial charge in [0.25, 0.3) is 5.91 Å². The van der Waals surface area contributed by atoms with Gasteiger partial charge < -0.3 is 9.80 Å². The van der Waals surface area contributed by atoms with Crippen LogP contribution in [0.15, 0.2) is 54.1 Å². The zero-order valence-electron chi connectivity index (χ0n) is 14.0. The minimum absolute atomic E-state index is 0.0940. The summed E-state index contributed by atoms with van der Waals surface area (Å²) in [6.07, 6.45) is 1.55. The molecule has 0 spiro atoms. The Morgan fingerprint density at radius 1 is 1.00 bits per heavy atom. The highest BCUT2D eigenvalue weighted by Crippen LogP contribution is 2.24. The summed E-state index contributed by atoms with van der Waals surface area (Å²) in [6, 6.07) is 17.1. The van der Waals surface area contributed by atoms with Gasteiger partial charge in [0.05, 0.1) is 10.0 Å². The van der Waals surface area contributed by atoms with Crippen LogP contribution in [0, 0.1) is 11.3 Å². The second-order valence-electron chi connectivity index (χ2n) is 5.96. The third kappa shape index (κ3) is 4.19. The van der Waals surface area contributed by atoms with E-state index in [-0.39, 0.29) is 11.5 Å². The molecule has 0 saturated carbocycles. The molecule has 26 heavy (non-hydrogen) atoms. The monoisotopic (exact) mass is 385 g/mol. The van der Waals surface area contributed by atoms with Gasteiger partial charge in [0.2, 0.25) is 0 Å². The maximum Gasteiger partial charge on any atom is 0.264 e. The van der Waals surface area contributed by atoms with Gasteiger partial charge in [0.15, 0.2) is 0 Å². The maximum atomic E-state index is 12.7. The van der Waals surface area contributed by atoms with E-state index in [1.54, 1.807) is 29.2 Å². The quantitative estimate of drug-likeness (QED) is 0.585. The third-order valence-electron chi connectivity index (χ3n) is 4.29. The van der Waals surface area contributed by atoms with E-state index >= 15 is 0 Å². The summed E-state index contributed by atoms with van der Waals surface area (Å²) >= 11 is 11.9. The third-order valence-corrected chi connectivity index (χ3v) is 5.03. The number of anilines is 1. The van der Waals surface area contributed by atoms with E-state index in [0.29, 0.717) is 28.7 Å². The largest absolute Gasteiger partial charge is 0.368 e. The molecule has 0 atom stereocenters. The van der Waals surface area contributed by atoms with Crippen molar-refractivity contribution >= 4 is 40.9 Å². The molecule has 4 nitrogen and oxygen atoms in total. The second kappa shape index (κ2) is 8.27. The van der Waals surface area contributed by atoms with Crippen LogP contribution in [0.3, 0.4) is 0 Å². The molecule has 0 N–H and O–H groups in total. The lowest BCUT2D eigenvalue weighted by Crippen LogP contribution is -2.49. The van der Waals surface area contributed by atoms with Crippen molar-refractivity contribution in [1.82, 2.24) is 4.90 Å². The van der Waals surface area contributed by atoms with Gasteiger partial charge in [0, 0.05) is 31.9 Å². The van der Waals surface area contributed by atoms with Crippen molar-refractivity contribution in [2.45, 2.75) is 0 Å². The Morgan fingerprint density at radius 3 is 2.31 bits per heavy atom. The average Bonchev–Trinajstić information content (AvgIpc) is 2.69. The van der Waals surface area contributed by atoms with E-state index in [0.717, 1.165) is 18.8 Å². The Bertz CT molecular complexity index is 866. The van der Waals surface area contributed by atoms with Crippen LogP contribution in [0.5, 0.6) is 0 Å². The molecule has 2 aromatic carbocycles. The van der Waals surface area contributed by atoms with E-state index in [2.05, 4.69) is 17.0 Å². The lowest BCUT2D eigenvalue weighted by Gasteiger charge is -2.36. The van der Waals surface area contributed by atoms with Crippen molar-refractivity contribution in [1.29, 1.82) is 5.26 Å². The van der Waals surface area contributed by atoms with Crippen molar-refractivity contribution in [2.75, 3.05) is 31.1 Å². The number of nitriles is 1. The molecule has 1 saturated heterocycles. The Kier molecular flexibility index (Phi) is 5.82. The smallest absolute Gasteiger partial charge is 0.264 e. The van der Waals surface area contributed by atoms with E-state index in [9.17, 15) is 10.1 Å². The topological polar surface area (TPSA) is 47.3 Å². The van der Waals surface area contributed by atoms with Crippen molar-refractivity contribution in [2.24, 2.45) is 0 Å². The van der Waals surface area contributed by atoms with E-state index in [4.69, 9.17) is 23.2 Å². The van der Waals surface area contributed by atoms with Crippen molar-refractivity contribution in [3.63, 3.8) is 0 Å². The van der Waals surface area contributed by atoms with Crippen LogP contribution < -0.4 is 4.90 Å². The number of hydrogen-bond acceptors (Lipinski definition) is 3. The zero-order valence-corrected chi connectivity index (χ0v) is 15.5. The first-order chi connectivity index (χ1) is 12.6. The van der Waals surface area contributed by atoms with E-state index < -0.39 is 0 Å². The molecule has 1 aliphatic rings. The maximum absolute atomic E-state index is 12.7. The molecular weight excluding hydrogens is 369 g/mol. The number of amides is 1. The molecule has 0 unspecified atom stereocenters. The fourth-order valence-corrected chi connectivity index (χ4v) is 3.19. The van der Waals surface area contributed by atoms with Gasteiger partial charge >= 0.3 is 0 Å². The Labute approximate surface area is 162 Å². The van der Waals surface area contributed by atoms with E-state index in [1.807, 2.05) is 24.3 Å². The standard InChI is InChI=1S/C20H17Cl2N3O/c21-18-7-6-15(13-19(18)22)12-16(14-23)20(26)25-10-8-24(9-11-25)17-4-2-1-3-5-17/h1-7,12-13H,8-11H2. The highest BCUT2D eigenvalue weighted by molar-refractivity contribution is 6.42. The lowest BCUT2D eigenvalue weighted by molar-refractivity contribution is -0.126. The first-order valence-electron chi connectivity index (χ1n) is 8.24. The highest BCUT2D eigenvalue weighted by atomic mass is 35.5. The minimum atomic E-state index is -0.258. The number of para-hydroxylation sites is 1. The molecule has 1 amide bonds. The van der Waals surface area contributed by atoms with Crippen LogP contribution in [0.4, 0.5) is 5.69 Å². The van der Waals surface area contributed by atoms with Gasteiger partial charge in [-0.3, -0.25) is 4.79 Å². The zero-order chi connectivity index (χ0) is 18.5. The van der Waals surface area contributed by atoms with Gasteiger partial charge in [-0.2, -0.15) is 5.26 Å². The molecule has 0 aromatic heterocycles. The molecule has 2 aromatic rings. The number of rotatable bonds is 3. The number of carbonyl (C=O) groups excluding carboxylic acids is 1. The van der Waals surface area contributed by atoms with Gasteiger partial charge in [0.1, 0.15) is 11.6 Å². The van der Waals surface area contributed by atoms with Gasteiger partial charge in [-0.15, -0.1) is 0 Å². The molecule has 0 bridgehead atoms. The normalized spacial score (nSPS) is 14.9. The molecular formula is C20H17Cl2N3O. The van der Waals surface area contributed by atoms with Crippen LogP contribution in [0.1, 0.15) is 5.56 Å². The summed E-state index contributed by atoms with van der Waals surface area (Å²) in [5.74, 6) is -0.258. The Balaban J connectivity index is 1.69. The van der Waals surface area contributed by atoms with Crippen molar-refractivity contribution < 1.29 is 4.79 Å². The molecule has 1 fully saturated rings. The number of halogens is 2. The van der Waals surface area contributed by atoms with Crippen LogP contribution >= 0.6 is 23.2 Å². The van der Waals surface area contributed by atoms with E-state index in [1.165, 1.54) is 0 Å². The summed E-state index contributed by atoms with van der Waals surface area (Å²) < 4.78 is 0. The summed E-state index contributed by atoms with van der Waals surface area (Å²) in [4.78, 5) is 16.6. The number of carbonyl (C=O) groups is 1. The minimum Gasteiger partial charge on any atom is -0.368 e. The number of hydrogen-bond donors (Lipinski definition) is 0. The van der Waals surface area contributed by atoms with Crippen LogP contribution in [-0.2, 0) is 4.79 Å². The lowest BCUT2D eigenvalue weighted by atomic mass is 10.1. The molecule has 1 aliphatic heterocycles. The summed E-state index contributed by atoms with van der Waals surface area (Å²) in [7, 11) is 0. The Hall–Kier alpha value is -2.48. The second-order valence-corrected chi connectivity index (χ2v) is 6.77. The number of piperazine rings is 1. The number of benzene rings is 2. The van der Waals surface area contributed by atoms with Crippen molar-refractivity contribution in [3.05, 3.63) is 69.7 Å². The first-order valence-corrected chi connectivity index (χ1v) is 9.00. The number of nitrogens with zero attached hydrogens (tertiary/aromatic N) is 3. The fourth-order valence-electron chi connectivity index (χ4n) is 2.89. The van der Waals surface area contributed by atoms with Crippen LogP contribution in [0.2, 0.25) is 10.0 Å². The molecule has 1 heterocycles. The predicted octanol–water partition coefficient (Wildman–Crippen LogP) is 4.25. The summed E-state index contributed by atoms with van der Waals surface area (Å²) in [5.41, 5.74) is 1.91.